The first-order valence-electron chi connectivity index (χ1n) is 10.6. The minimum atomic E-state index is -3.65. The number of nitrogens with zero attached hydrogens (tertiary/aromatic N) is 2. The van der Waals surface area contributed by atoms with E-state index in [0.29, 0.717) is 11.1 Å². The highest BCUT2D eigenvalue weighted by atomic mass is 32.2. The number of amides is 1. The molecular weight excluding hydrogens is 424 g/mol. The number of benzene rings is 2. The molecule has 32 heavy (non-hydrogen) atoms. The number of carbonyl (C=O) groups excluding carboxylic acids is 1. The van der Waals surface area contributed by atoms with Crippen molar-refractivity contribution in [1.29, 1.82) is 0 Å². The smallest absolute Gasteiger partial charge is 0.254 e. The van der Waals surface area contributed by atoms with Crippen LogP contribution in [0.15, 0.2) is 53.6 Å². The molecule has 0 spiro atoms. The van der Waals surface area contributed by atoms with E-state index in [1.54, 1.807) is 29.9 Å². The molecule has 8 heteroatoms. The minimum absolute atomic E-state index is 0.0716. The predicted octanol–water partition coefficient (Wildman–Crippen LogP) is 3.63. The SMILES string of the molecule is Cc1ccc(-n2ncc(C(=O)NCCNS(=O)(=O)c3cc(C)ccc3C)c2C(C)C)cc1. The average Bonchev–Trinajstić information content (AvgIpc) is 3.19. The first-order valence-corrected chi connectivity index (χ1v) is 12.1. The Morgan fingerprint density at radius 3 is 2.31 bits per heavy atom. The normalized spacial score (nSPS) is 11.7. The summed E-state index contributed by atoms with van der Waals surface area (Å²) < 4.78 is 29.6. The van der Waals surface area contributed by atoms with Gasteiger partial charge < -0.3 is 5.32 Å². The lowest BCUT2D eigenvalue weighted by molar-refractivity contribution is 0.0953. The van der Waals surface area contributed by atoms with Crippen molar-refractivity contribution in [2.24, 2.45) is 0 Å². The Morgan fingerprint density at radius 2 is 1.66 bits per heavy atom. The molecule has 0 aliphatic heterocycles. The zero-order valence-electron chi connectivity index (χ0n) is 19.1. The maximum absolute atomic E-state index is 12.8. The van der Waals surface area contributed by atoms with Crippen molar-refractivity contribution < 1.29 is 13.2 Å². The lowest BCUT2D eigenvalue weighted by Gasteiger charge is -2.14. The number of carbonyl (C=O) groups is 1. The van der Waals surface area contributed by atoms with E-state index in [-0.39, 0.29) is 29.8 Å². The second-order valence-electron chi connectivity index (χ2n) is 8.27. The Morgan fingerprint density at radius 1 is 1.00 bits per heavy atom. The largest absolute Gasteiger partial charge is 0.351 e. The van der Waals surface area contributed by atoms with Crippen LogP contribution in [0.4, 0.5) is 0 Å². The van der Waals surface area contributed by atoms with E-state index in [4.69, 9.17) is 0 Å². The summed E-state index contributed by atoms with van der Waals surface area (Å²) in [4.78, 5) is 13.1. The molecule has 3 rings (SSSR count). The number of aromatic nitrogens is 2. The van der Waals surface area contributed by atoms with Crippen molar-refractivity contribution in [3.05, 3.63) is 76.6 Å². The Bertz CT molecular complexity index is 1210. The van der Waals surface area contributed by atoms with Crippen LogP contribution >= 0.6 is 0 Å². The van der Waals surface area contributed by atoms with Gasteiger partial charge in [0.1, 0.15) is 0 Å². The lowest BCUT2D eigenvalue weighted by Crippen LogP contribution is -2.35. The van der Waals surface area contributed by atoms with Crippen molar-refractivity contribution in [1.82, 2.24) is 19.8 Å². The van der Waals surface area contributed by atoms with Crippen LogP contribution in [0.3, 0.4) is 0 Å². The molecule has 0 saturated carbocycles. The molecule has 0 bridgehead atoms. The summed E-state index contributed by atoms with van der Waals surface area (Å²) in [6.07, 6.45) is 1.56. The number of hydrogen-bond donors (Lipinski definition) is 2. The van der Waals surface area contributed by atoms with Crippen molar-refractivity contribution in [3.8, 4) is 5.69 Å². The van der Waals surface area contributed by atoms with Crippen LogP contribution in [-0.4, -0.2) is 37.2 Å². The molecule has 0 atom stereocenters. The Hall–Kier alpha value is -2.97. The van der Waals surface area contributed by atoms with Gasteiger partial charge in [-0.25, -0.2) is 17.8 Å². The highest BCUT2D eigenvalue weighted by molar-refractivity contribution is 7.89. The van der Waals surface area contributed by atoms with Crippen molar-refractivity contribution >= 4 is 15.9 Å². The van der Waals surface area contributed by atoms with E-state index in [1.807, 2.05) is 58.0 Å². The molecule has 0 radical (unpaired) electrons. The van der Waals surface area contributed by atoms with Gasteiger partial charge in [0.15, 0.2) is 0 Å². The number of nitrogens with one attached hydrogen (secondary N) is 2. The van der Waals surface area contributed by atoms with Crippen molar-refractivity contribution in [2.75, 3.05) is 13.1 Å². The number of sulfonamides is 1. The summed E-state index contributed by atoms with van der Waals surface area (Å²) in [6, 6.07) is 13.2. The second-order valence-corrected chi connectivity index (χ2v) is 10.0. The van der Waals surface area contributed by atoms with Gasteiger partial charge in [0.2, 0.25) is 10.0 Å². The molecule has 0 saturated heterocycles. The first kappa shape index (κ1) is 23.7. The minimum Gasteiger partial charge on any atom is -0.351 e. The van der Waals surface area contributed by atoms with Gasteiger partial charge in [-0.05, 0) is 56.0 Å². The van der Waals surface area contributed by atoms with Gasteiger partial charge in [-0.3, -0.25) is 4.79 Å². The number of hydrogen-bond acceptors (Lipinski definition) is 4. The lowest BCUT2D eigenvalue weighted by atomic mass is 10.0. The van der Waals surface area contributed by atoms with E-state index in [2.05, 4.69) is 15.1 Å². The van der Waals surface area contributed by atoms with E-state index in [0.717, 1.165) is 22.5 Å². The quantitative estimate of drug-likeness (QED) is 0.508. The van der Waals surface area contributed by atoms with Crippen LogP contribution in [0.2, 0.25) is 0 Å². The maximum atomic E-state index is 12.8. The van der Waals surface area contributed by atoms with Crippen molar-refractivity contribution in [3.63, 3.8) is 0 Å². The van der Waals surface area contributed by atoms with Gasteiger partial charge >= 0.3 is 0 Å². The Balaban J connectivity index is 1.68. The number of aryl methyl sites for hydroxylation is 3. The summed E-state index contributed by atoms with van der Waals surface area (Å²) >= 11 is 0. The highest BCUT2D eigenvalue weighted by Crippen LogP contribution is 2.23. The van der Waals surface area contributed by atoms with Crippen molar-refractivity contribution in [2.45, 2.75) is 45.4 Å². The summed E-state index contributed by atoms with van der Waals surface area (Å²) in [5.41, 5.74) is 4.88. The molecular formula is C24H30N4O3S. The third kappa shape index (κ3) is 5.26. The topological polar surface area (TPSA) is 93.1 Å². The highest BCUT2D eigenvalue weighted by Gasteiger charge is 2.21. The van der Waals surface area contributed by atoms with Gasteiger partial charge in [0, 0.05) is 13.1 Å². The fraction of sp³-hybridized carbons (Fsp3) is 0.333. The molecule has 3 aromatic rings. The Kier molecular flexibility index (Phi) is 7.16. The van der Waals surface area contributed by atoms with Gasteiger partial charge in [-0.2, -0.15) is 5.10 Å². The first-order chi connectivity index (χ1) is 15.1. The zero-order valence-corrected chi connectivity index (χ0v) is 20.0. The predicted molar refractivity (Wildman–Crippen MR) is 126 cm³/mol. The molecule has 0 fully saturated rings. The van der Waals surface area contributed by atoms with Crippen LogP contribution in [0, 0.1) is 20.8 Å². The third-order valence-corrected chi connectivity index (χ3v) is 6.82. The fourth-order valence-corrected chi connectivity index (χ4v) is 4.87. The molecule has 0 aliphatic rings. The van der Waals surface area contributed by atoms with Gasteiger partial charge in [0.25, 0.3) is 5.91 Å². The summed E-state index contributed by atoms with van der Waals surface area (Å²) in [5.74, 6) is -0.208. The zero-order chi connectivity index (χ0) is 23.5. The summed E-state index contributed by atoms with van der Waals surface area (Å²) in [6.45, 7) is 9.90. The van der Waals surface area contributed by atoms with Gasteiger partial charge in [0.05, 0.1) is 28.0 Å². The standard InChI is InChI=1S/C24H30N4O3S/c1-16(2)23-21(15-26-28(23)20-10-7-17(3)8-11-20)24(29)25-12-13-27-32(30,31)22-14-18(4)6-9-19(22)5/h6-11,14-16,27H,12-13H2,1-5H3,(H,25,29). The van der Waals surface area contributed by atoms with E-state index in [9.17, 15) is 13.2 Å². The van der Waals surface area contributed by atoms with Gasteiger partial charge in [-0.15, -0.1) is 0 Å². The molecule has 2 aromatic carbocycles. The van der Waals surface area contributed by atoms with Gasteiger partial charge in [-0.1, -0.05) is 43.7 Å². The van der Waals surface area contributed by atoms with Crippen LogP contribution < -0.4 is 10.0 Å². The second kappa shape index (κ2) is 9.67. The van der Waals surface area contributed by atoms with Crippen LogP contribution in [0.25, 0.3) is 5.69 Å². The Labute approximate surface area is 189 Å². The third-order valence-electron chi connectivity index (χ3n) is 5.21. The average molecular weight is 455 g/mol. The molecule has 1 aromatic heterocycles. The molecule has 7 nitrogen and oxygen atoms in total. The van der Waals surface area contributed by atoms with Crippen LogP contribution in [0.5, 0.6) is 0 Å². The molecule has 0 unspecified atom stereocenters. The van der Waals surface area contributed by atoms with Crippen LogP contribution in [0.1, 0.15) is 52.5 Å². The van der Waals surface area contributed by atoms with E-state index < -0.39 is 10.0 Å². The van der Waals surface area contributed by atoms with E-state index >= 15 is 0 Å². The fourth-order valence-electron chi connectivity index (χ4n) is 3.51. The summed E-state index contributed by atoms with van der Waals surface area (Å²) in [5, 5.41) is 7.23. The monoisotopic (exact) mass is 454 g/mol. The molecule has 170 valence electrons. The molecule has 1 amide bonds. The van der Waals surface area contributed by atoms with E-state index in [1.165, 1.54) is 0 Å². The summed E-state index contributed by atoms with van der Waals surface area (Å²) in [7, 11) is -3.65. The maximum Gasteiger partial charge on any atom is 0.254 e. The number of rotatable bonds is 8. The molecule has 0 aliphatic carbocycles. The van der Waals surface area contributed by atoms with Crippen LogP contribution in [-0.2, 0) is 10.0 Å². The molecule has 1 heterocycles. The molecule has 2 N–H and O–H groups in total.